The topological polar surface area (TPSA) is 51.2 Å². The monoisotopic (exact) mass is 290 g/mol. The zero-order chi connectivity index (χ0) is 13.7. The molecule has 4 rings (SSSR count). The lowest BCUT2D eigenvalue weighted by atomic mass is 9.82. The fourth-order valence-electron chi connectivity index (χ4n) is 4.32. The van der Waals surface area contributed by atoms with E-state index < -0.39 is 0 Å². The van der Waals surface area contributed by atoms with Gasteiger partial charge in [-0.05, 0) is 49.1 Å². The van der Waals surface area contributed by atoms with Crippen molar-refractivity contribution in [1.82, 2.24) is 5.43 Å². The Bertz CT molecular complexity index is 638. The molecule has 0 spiro atoms. The van der Waals surface area contributed by atoms with Crippen LogP contribution in [0.25, 0.3) is 11.0 Å². The van der Waals surface area contributed by atoms with Crippen LogP contribution in [-0.4, -0.2) is 0 Å². The molecule has 0 saturated heterocycles. The van der Waals surface area contributed by atoms with Gasteiger partial charge in [-0.15, -0.1) is 0 Å². The zero-order valence-electron chi connectivity index (χ0n) is 11.3. The first-order valence-electron chi connectivity index (χ1n) is 7.40. The minimum Gasteiger partial charge on any atom is -0.458 e. The molecule has 2 aromatic rings. The Hall–Kier alpha value is -1.03. The van der Waals surface area contributed by atoms with Crippen LogP contribution in [0.3, 0.4) is 0 Å². The highest BCUT2D eigenvalue weighted by Crippen LogP contribution is 2.52. The van der Waals surface area contributed by atoms with E-state index in [1.165, 1.54) is 25.7 Å². The number of hydrazine groups is 1. The molecule has 2 saturated carbocycles. The number of benzene rings is 1. The first-order valence-corrected chi connectivity index (χ1v) is 7.78. The lowest BCUT2D eigenvalue weighted by Gasteiger charge is -2.28. The number of hydrogen-bond acceptors (Lipinski definition) is 3. The number of halogens is 1. The number of para-hydroxylation sites is 1. The van der Waals surface area contributed by atoms with Crippen molar-refractivity contribution < 1.29 is 4.42 Å². The van der Waals surface area contributed by atoms with E-state index in [1.54, 1.807) is 0 Å². The molecule has 4 atom stereocenters. The van der Waals surface area contributed by atoms with E-state index in [4.69, 9.17) is 21.9 Å². The Balaban J connectivity index is 1.71. The average Bonchev–Trinajstić information content (AvgIpc) is 3.14. The maximum atomic E-state index is 6.20. The standard InChI is InChI=1S/C16H19ClN2O/c17-13-3-1-2-11-8-14(20-16(11)13)15(19-18)12-7-9-4-5-10(12)6-9/h1-3,8-10,12,15,19H,4-7,18H2. The van der Waals surface area contributed by atoms with Gasteiger partial charge in [0, 0.05) is 5.39 Å². The van der Waals surface area contributed by atoms with E-state index >= 15 is 0 Å². The molecule has 20 heavy (non-hydrogen) atoms. The van der Waals surface area contributed by atoms with Gasteiger partial charge < -0.3 is 4.42 Å². The Labute approximate surface area is 123 Å². The molecule has 2 bridgehead atoms. The van der Waals surface area contributed by atoms with Crippen LogP contribution in [0.15, 0.2) is 28.7 Å². The van der Waals surface area contributed by atoms with Crippen molar-refractivity contribution >= 4 is 22.6 Å². The molecule has 0 amide bonds. The van der Waals surface area contributed by atoms with Gasteiger partial charge in [0.05, 0.1) is 11.1 Å². The molecule has 0 aliphatic heterocycles. The van der Waals surface area contributed by atoms with Crippen LogP contribution in [0, 0.1) is 17.8 Å². The van der Waals surface area contributed by atoms with Crippen LogP contribution in [0.5, 0.6) is 0 Å². The fourth-order valence-corrected chi connectivity index (χ4v) is 4.54. The third-order valence-corrected chi connectivity index (χ3v) is 5.52. The number of fused-ring (bicyclic) bond motifs is 3. The maximum Gasteiger partial charge on any atom is 0.152 e. The van der Waals surface area contributed by atoms with E-state index in [2.05, 4.69) is 11.5 Å². The second-order valence-corrected chi connectivity index (χ2v) is 6.70. The van der Waals surface area contributed by atoms with Crippen LogP contribution >= 0.6 is 11.6 Å². The average molecular weight is 291 g/mol. The van der Waals surface area contributed by atoms with Gasteiger partial charge in [-0.25, -0.2) is 5.43 Å². The molecular formula is C16H19ClN2O. The highest BCUT2D eigenvalue weighted by molar-refractivity contribution is 6.34. The van der Waals surface area contributed by atoms with Crippen molar-refractivity contribution in [2.24, 2.45) is 23.6 Å². The summed E-state index contributed by atoms with van der Waals surface area (Å²) in [6.45, 7) is 0. The molecule has 1 aromatic heterocycles. The quantitative estimate of drug-likeness (QED) is 0.663. The third-order valence-electron chi connectivity index (χ3n) is 5.22. The van der Waals surface area contributed by atoms with Crippen molar-refractivity contribution in [3.8, 4) is 0 Å². The van der Waals surface area contributed by atoms with E-state index in [-0.39, 0.29) is 6.04 Å². The third kappa shape index (κ3) is 1.88. The highest BCUT2D eigenvalue weighted by atomic mass is 35.5. The largest absolute Gasteiger partial charge is 0.458 e. The van der Waals surface area contributed by atoms with E-state index in [0.717, 1.165) is 28.6 Å². The lowest BCUT2D eigenvalue weighted by Crippen LogP contribution is -2.35. The Morgan fingerprint density at radius 1 is 1.30 bits per heavy atom. The normalized spacial score (nSPS) is 30.2. The SMILES string of the molecule is NNC(c1cc2cccc(Cl)c2o1)C1CC2CCC1C2. The van der Waals surface area contributed by atoms with Crippen LogP contribution in [0.1, 0.15) is 37.5 Å². The summed E-state index contributed by atoms with van der Waals surface area (Å²) in [5.74, 6) is 9.05. The molecule has 4 unspecified atom stereocenters. The zero-order valence-corrected chi connectivity index (χ0v) is 12.1. The predicted octanol–water partition coefficient (Wildman–Crippen LogP) is 4.03. The molecule has 4 heteroatoms. The highest BCUT2D eigenvalue weighted by Gasteiger charge is 2.44. The number of nitrogens with one attached hydrogen (secondary N) is 1. The summed E-state index contributed by atoms with van der Waals surface area (Å²) in [7, 11) is 0. The molecule has 3 nitrogen and oxygen atoms in total. The molecular weight excluding hydrogens is 272 g/mol. The smallest absolute Gasteiger partial charge is 0.152 e. The molecule has 2 aliphatic rings. The van der Waals surface area contributed by atoms with Gasteiger partial charge in [0.15, 0.2) is 5.58 Å². The number of nitrogens with two attached hydrogens (primary N) is 1. The Morgan fingerprint density at radius 3 is 2.85 bits per heavy atom. The van der Waals surface area contributed by atoms with Gasteiger partial charge in [-0.3, -0.25) is 5.84 Å². The van der Waals surface area contributed by atoms with Crippen molar-refractivity contribution in [2.75, 3.05) is 0 Å². The molecule has 1 aromatic carbocycles. The van der Waals surface area contributed by atoms with Gasteiger partial charge in [0.1, 0.15) is 5.76 Å². The minimum atomic E-state index is 0.105. The first kappa shape index (κ1) is 12.7. The second kappa shape index (κ2) is 4.76. The van der Waals surface area contributed by atoms with Crippen molar-refractivity contribution in [2.45, 2.75) is 31.7 Å². The lowest BCUT2D eigenvalue weighted by molar-refractivity contribution is 0.230. The van der Waals surface area contributed by atoms with E-state index in [1.807, 2.05) is 18.2 Å². The number of hydrogen-bond donors (Lipinski definition) is 2. The molecule has 3 N–H and O–H groups in total. The summed E-state index contributed by atoms with van der Waals surface area (Å²) in [5, 5.41) is 1.72. The summed E-state index contributed by atoms with van der Waals surface area (Å²) in [5.41, 5.74) is 3.76. The predicted molar refractivity (Wildman–Crippen MR) is 80.2 cm³/mol. The first-order chi connectivity index (χ1) is 9.76. The fraction of sp³-hybridized carbons (Fsp3) is 0.500. The molecule has 106 valence electrons. The Morgan fingerprint density at radius 2 is 2.20 bits per heavy atom. The Kier molecular flexibility index (Phi) is 3.02. The van der Waals surface area contributed by atoms with Gasteiger partial charge in [-0.1, -0.05) is 30.2 Å². The van der Waals surface area contributed by atoms with Gasteiger partial charge in [0.25, 0.3) is 0 Å². The number of rotatable bonds is 3. The van der Waals surface area contributed by atoms with E-state index in [9.17, 15) is 0 Å². The molecule has 2 fully saturated rings. The van der Waals surface area contributed by atoms with Crippen molar-refractivity contribution in [3.05, 3.63) is 35.0 Å². The summed E-state index contributed by atoms with van der Waals surface area (Å²) >= 11 is 6.20. The summed E-state index contributed by atoms with van der Waals surface area (Å²) < 4.78 is 6.00. The van der Waals surface area contributed by atoms with Crippen molar-refractivity contribution in [1.29, 1.82) is 0 Å². The van der Waals surface area contributed by atoms with Gasteiger partial charge in [0.2, 0.25) is 0 Å². The van der Waals surface area contributed by atoms with Gasteiger partial charge in [-0.2, -0.15) is 0 Å². The van der Waals surface area contributed by atoms with Crippen LogP contribution < -0.4 is 11.3 Å². The van der Waals surface area contributed by atoms with Crippen LogP contribution in [-0.2, 0) is 0 Å². The van der Waals surface area contributed by atoms with E-state index in [0.29, 0.717) is 10.9 Å². The molecule has 2 aliphatic carbocycles. The number of furan rings is 1. The van der Waals surface area contributed by atoms with Gasteiger partial charge >= 0.3 is 0 Å². The molecule has 1 heterocycles. The summed E-state index contributed by atoms with van der Waals surface area (Å²) in [6.07, 6.45) is 5.37. The minimum absolute atomic E-state index is 0.105. The molecule has 0 radical (unpaired) electrons. The second-order valence-electron chi connectivity index (χ2n) is 6.29. The summed E-state index contributed by atoms with van der Waals surface area (Å²) in [4.78, 5) is 0. The van der Waals surface area contributed by atoms with Crippen LogP contribution in [0.4, 0.5) is 0 Å². The summed E-state index contributed by atoms with van der Waals surface area (Å²) in [6, 6.07) is 8.03. The van der Waals surface area contributed by atoms with Crippen LogP contribution in [0.2, 0.25) is 5.02 Å². The maximum absolute atomic E-state index is 6.20. The van der Waals surface area contributed by atoms with Crippen molar-refractivity contribution in [3.63, 3.8) is 0 Å².